The molecule has 1 nitrogen and oxygen atoms in total. The van der Waals surface area contributed by atoms with Gasteiger partial charge in [0.2, 0.25) is 0 Å². The van der Waals surface area contributed by atoms with Gasteiger partial charge in [-0.3, -0.25) is 0 Å². The molecule has 3 rings (SSSR count). The van der Waals surface area contributed by atoms with Crippen molar-refractivity contribution in [2.45, 2.75) is 119 Å². The van der Waals surface area contributed by atoms with Crippen molar-refractivity contribution in [2.24, 2.45) is 11.8 Å². The molecular weight excluding hydrogens is 268 g/mol. The summed E-state index contributed by atoms with van der Waals surface area (Å²) in [5, 5.41) is 0. The van der Waals surface area contributed by atoms with E-state index < -0.39 is 0 Å². The van der Waals surface area contributed by atoms with Crippen molar-refractivity contribution in [3.8, 4) is 0 Å². The third kappa shape index (κ3) is 18.0. The van der Waals surface area contributed by atoms with Gasteiger partial charge in [-0.05, 0) is 18.8 Å². The predicted octanol–water partition coefficient (Wildman–Crippen LogP) is 7.63. The van der Waals surface area contributed by atoms with Crippen LogP contribution in [-0.4, -0.2) is 12.7 Å². The summed E-state index contributed by atoms with van der Waals surface area (Å²) in [6, 6.07) is 0. The van der Waals surface area contributed by atoms with Crippen LogP contribution in [0.3, 0.4) is 0 Å². The third-order valence-electron chi connectivity index (χ3n) is 4.45. The summed E-state index contributed by atoms with van der Waals surface area (Å²) in [6.07, 6.45) is 15.5. The summed E-state index contributed by atoms with van der Waals surface area (Å²) in [5.74, 6) is 2.13. The standard InChI is InChI=1S/2C7H14.C3H6O.2C2H6/c1-7-5-3-2-4-6-7;1-2-7-5-3-4-6-7;1-3-2-4-3;2*1-2/h2*7H,2-6H2,1H3;3H,2H2,1H3;2*1-2H3. The summed E-state index contributed by atoms with van der Waals surface area (Å²) >= 11 is 0. The molecule has 1 atom stereocenters. The molecule has 2 aliphatic carbocycles. The number of rotatable bonds is 1. The molecule has 0 bridgehead atoms. The minimum absolute atomic E-state index is 0.583. The average molecular weight is 315 g/mol. The van der Waals surface area contributed by atoms with Crippen LogP contribution in [0.5, 0.6) is 0 Å². The molecule has 0 N–H and O–H groups in total. The van der Waals surface area contributed by atoms with E-state index in [1.807, 2.05) is 27.7 Å². The highest BCUT2D eigenvalue weighted by atomic mass is 16.6. The van der Waals surface area contributed by atoms with Crippen LogP contribution in [0.25, 0.3) is 0 Å². The number of hydrogen-bond acceptors (Lipinski definition) is 1. The van der Waals surface area contributed by atoms with Crippen molar-refractivity contribution >= 4 is 0 Å². The van der Waals surface area contributed by atoms with E-state index in [1.165, 1.54) is 64.2 Å². The van der Waals surface area contributed by atoms with Gasteiger partial charge in [-0.1, -0.05) is 106 Å². The van der Waals surface area contributed by atoms with Crippen molar-refractivity contribution in [1.29, 1.82) is 0 Å². The van der Waals surface area contributed by atoms with Crippen LogP contribution in [0.15, 0.2) is 0 Å². The molecule has 0 radical (unpaired) electrons. The fourth-order valence-corrected chi connectivity index (χ4v) is 2.82. The van der Waals surface area contributed by atoms with Crippen LogP contribution in [0, 0.1) is 11.8 Å². The molecule has 1 unspecified atom stereocenters. The lowest BCUT2D eigenvalue weighted by molar-refractivity contribution is 0.385. The Morgan fingerprint density at radius 2 is 1.09 bits per heavy atom. The first-order valence-electron chi connectivity index (χ1n) is 10.3. The Morgan fingerprint density at radius 3 is 1.27 bits per heavy atom. The van der Waals surface area contributed by atoms with E-state index in [-0.39, 0.29) is 0 Å². The summed E-state index contributed by atoms with van der Waals surface area (Å²) in [7, 11) is 0. The molecule has 0 aromatic heterocycles. The van der Waals surface area contributed by atoms with Crippen LogP contribution in [0.2, 0.25) is 0 Å². The Balaban J connectivity index is 0. The molecule has 0 amide bonds. The largest absolute Gasteiger partial charge is 0.373 e. The summed E-state index contributed by atoms with van der Waals surface area (Å²) in [5.41, 5.74) is 0. The van der Waals surface area contributed by atoms with Gasteiger partial charge in [-0.15, -0.1) is 0 Å². The van der Waals surface area contributed by atoms with Gasteiger partial charge < -0.3 is 4.74 Å². The first-order chi connectivity index (χ1) is 10.7. The van der Waals surface area contributed by atoms with Crippen molar-refractivity contribution < 1.29 is 4.74 Å². The second-order valence-corrected chi connectivity index (χ2v) is 6.45. The Bertz CT molecular complexity index is 174. The molecule has 1 aliphatic heterocycles. The van der Waals surface area contributed by atoms with Crippen molar-refractivity contribution in [2.75, 3.05) is 6.61 Å². The zero-order valence-corrected chi connectivity index (χ0v) is 16.9. The SMILES string of the molecule is CC.CC.CC1CCCCC1.CC1CO1.CCC1CCCC1. The molecular formula is C21H46O. The quantitative estimate of drug-likeness (QED) is 0.453. The Kier molecular flexibility index (Phi) is 20.9. The van der Waals surface area contributed by atoms with Gasteiger partial charge in [0, 0.05) is 0 Å². The van der Waals surface area contributed by atoms with Gasteiger partial charge in [0.1, 0.15) is 0 Å². The highest BCUT2D eigenvalue weighted by Gasteiger charge is 2.13. The van der Waals surface area contributed by atoms with Crippen molar-refractivity contribution in [3.05, 3.63) is 0 Å². The van der Waals surface area contributed by atoms with E-state index in [0.29, 0.717) is 6.10 Å². The van der Waals surface area contributed by atoms with Crippen molar-refractivity contribution in [1.82, 2.24) is 0 Å². The van der Waals surface area contributed by atoms with Gasteiger partial charge in [0.05, 0.1) is 12.7 Å². The monoisotopic (exact) mass is 314 g/mol. The highest BCUT2D eigenvalue weighted by Crippen LogP contribution is 2.26. The van der Waals surface area contributed by atoms with E-state index in [0.717, 1.165) is 18.4 Å². The van der Waals surface area contributed by atoms with Crippen LogP contribution in [0.4, 0.5) is 0 Å². The molecule has 136 valence electrons. The van der Waals surface area contributed by atoms with Crippen LogP contribution >= 0.6 is 0 Å². The maximum Gasteiger partial charge on any atom is 0.0781 e. The Hall–Kier alpha value is -0.0400. The minimum Gasteiger partial charge on any atom is -0.373 e. The number of hydrogen-bond donors (Lipinski definition) is 0. The van der Waals surface area contributed by atoms with E-state index in [2.05, 4.69) is 20.8 Å². The maximum absolute atomic E-state index is 4.71. The van der Waals surface area contributed by atoms with Gasteiger partial charge in [-0.25, -0.2) is 0 Å². The van der Waals surface area contributed by atoms with E-state index in [4.69, 9.17) is 4.74 Å². The maximum atomic E-state index is 4.71. The average Bonchev–Trinajstić information content (AvgIpc) is 3.19. The first kappa shape index (κ1) is 24.2. The van der Waals surface area contributed by atoms with E-state index in [9.17, 15) is 0 Å². The fraction of sp³-hybridized carbons (Fsp3) is 1.00. The number of ether oxygens (including phenoxy) is 1. The van der Waals surface area contributed by atoms with Crippen LogP contribution in [0.1, 0.15) is 113 Å². The molecule has 0 spiro atoms. The Labute approximate surface area is 142 Å². The second-order valence-electron chi connectivity index (χ2n) is 6.45. The molecule has 3 aliphatic rings. The molecule has 1 saturated heterocycles. The lowest BCUT2D eigenvalue weighted by Crippen LogP contribution is -1.99. The zero-order valence-electron chi connectivity index (χ0n) is 16.9. The number of epoxide rings is 1. The van der Waals surface area contributed by atoms with Gasteiger partial charge in [0.25, 0.3) is 0 Å². The molecule has 22 heavy (non-hydrogen) atoms. The summed E-state index contributed by atoms with van der Waals surface area (Å²) in [6.45, 7) is 15.7. The normalized spacial score (nSPS) is 23.3. The zero-order chi connectivity index (χ0) is 17.2. The van der Waals surface area contributed by atoms with Gasteiger partial charge in [0.15, 0.2) is 0 Å². The highest BCUT2D eigenvalue weighted by molar-refractivity contribution is 4.64. The van der Waals surface area contributed by atoms with Crippen LogP contribution < -0.4 is 0 Å². The lowest BCUT2D eigenvalue weighted by atomic mass is 9.91. The van der Waals surface area contributed by atoms with E-state index >= 15 is 0 Å². The van der Waals surface area contributed by atoms with Crippen LogP contribution in [-0.2, 0) is 4.74 Å². The summed E-state index contributed by atoms with van der Waals surface area (Å²) in [4.78, 5) is 0. The summed E-state index contributed by atoms with van der Waals surface area (Å²) < 4.78 is 4.71. The first-order valence-corrected chi connectivity index (χ1v) is 10.3. The second kappa shape index (κ2) is 19.0. The Morgan fingerprint density at radius 1 is 0.727 bits per heavy atom. The van der Waals surface area contributed by atoms with Gasteiger partial charge >= 0.3 is 0 Å². The van der Waals surface area contributed by atoms with Gasteiger partial charge in [-0.2, -0.15) is 0 Å². The van der Waals surface area contributed by atoms with E-state index in [1.54, 1.807) is 0 Å². The smallest absolute Gasteiger partial charge is 0.0781 e. The molecule has 1 heteroatoms. The predicted molar refractivity (Wildman–Crippen MR) is 103 cm³/mol. The molecule has 3 fully saturated rings. The fourth-order valence-electron chi connectivity index (χ4n) is 2.82. The molecule has 1 heterocycles. The molecule has 0 aromatic rings. The third-order valence-corrected chi connectivity index (χ3v) is 4.45. The minimum atomic E-state index is 0.583. The van der Waals surface area contributed by atoms with Crippen molar-refractivity contribution in [3.63, 3.8) is 0 Å². The lowest BCUT2D eigenvalue weighted by Gasteiger charge is -2.15. The molecule has 2 saturated carbocycles. The molecule has 0 aromatic carbocycles. The topological polar surface area (TPSA) is 12.5 Å².